The molecule has 0 fully saturated rings. The van der Waals surface area contributed by atoms with Gasteiger partial charge in [-0.2, -0.15) is 0 Å². The topological polar surface area (TPSA) is 107 Å². The van der Waals surface area contributed by atoms with Crippen LogP contribution >= 0.6 is 34.8 Å². The lowest BCUT2D eigenvalue weighted by Crippen LogP contribution is -2.19. The highest BCUT2D eigenvalue weighted by atomic mass is 35.5. The fourth-order valence-electron chi connectivity index (χ4n) is 3.90. The summed E-state index contributed by atoms with van der Waals surface area (Å²) in [6.45, 7) is 0.218. The number of carbonyl (C=O) groups is 2. The number of fused-ring (bicyclic) bond motifs is 2. The van der Waals surface area contributed by atoms with E-state index in [0.29, 0.717) is 39.7 Å². The second kappa shape index (κ2) is 10.3. The third-order valence-corrected chi connectivity index (χ3v) is 6.46. The number of aromatic nitrogens is 1. The molecule has 0 aliphatic carbocycles. The molecule has 4 aromatic rings. The first-order valence-corrected chi connectivity index (χ1v) is 12.1. The second-order valence-electron chi connectivity index (χ2n) is 8.04. The molecule has 1 atom stereocenters. The first-order chi connectivity index (χ1) is 17.8. The van der Waals surface area contributed by atoms with E-state index in [0.717, 1.165) is 5.39 Å². The Hall–Kier alpha value is -3.72. The van der Waals surface area contributed by atoms with E-state index in [1.165, 1.54) is 6.07 Å². The number of hydrogen-bond acceptors (Lipinski definition) is 6. The number of benzene rings is 3. The van der Waals surface area contributed by atoms with Crippen LogP contribution in [0.2, 0.25) is 15.1 Å². The van der Waals surface area contributed by atoms with E-state index in [-0.39, 0.29) is 34.1 Å². The van der Waals surface area contributed by atoms with Crippen LogP contribution in [0.5, 0.6) is 17.2 Å². The lowest BCUT2D eigenvalue weighted by Gasteiger charge is -2.26. The van der Waals surface area contributed by atoms with Crippen LogP contribution in [0.1, 0.15) is 28.4 Å². The van der Waals surface area contributed by atoms with Gasteiger partial charge < -0.3 is 24.6 Å². The predicted octanol–water partition coefficient (Wildman–Crippen LogP) is 7.76. The Bertz CT molecular complexity index is 1530. The number of carbonyl (C=O) groups excluding carboxylic acids is 1. The van der Waals surface area contributed by atoms with E-state index in [1.807, 2.05) is 6.07 Å². The highest BCUT2D eigenvalue weighted by Gasteiger charge is 2.30. The quantitative estimate of drug-likeness (QED) is 0.241. The van der Waals surface area contributed by atoms with Gasteiger partial charge in [0.15, 0.2) is 5.75 Å². The SMILES string of the molecule is O=C(O)OC1CCOc2c1cc(Cl)c(Oc1ccc(C(=O)Nc3ccc4cc(Cl)ccc4n3)cc1)c2Cl. The minimum absolute atomic E-state index is 0.0895. The van der Waals surface area contributed by atoms with Crippen molar-refractivity contribution in [2.75, 3.05) is 11.9 Å². The summed E-state index contributed by atoms with van der Waals surface area (Å²) in [4.78, 5) is 28.2. The Morgan fingerprint density at radius 1 is 1.03 bits per heavy atom. The molecule has 3 aromatic carbocycles. The molecule has 8 nitrogen and oxygen atoms in total. The molecule has 37 heavy (non-hydrogen) atoms. The van der Waals surface area contributed by atoms with Gasteiger partial charge in [-0.1, -0.05) is 34.8 Å². The zero-order chi connectivity index (χ0) is 26.1. The Labute approximate surface area is 225 Å². The highest BCUT2D eigenvalue weighted by molar-refractivity contribution is 6.38. The van der Waals surface area contributed by atoms with Crippen LogP contribution in [0.4, 0.5) is 10.6 Å². The number of pyridine rings is 1. The molecular formula is C26H17Cl3N2O6. The Morgan fingerprint density at radius 3 is 2.57 bits per heavy atom. The number of nitrogens with zero attached hydrogens (tertiary/aromatic N) is 1. The number of ether oxygens (including phenoxy) is 3. The Morgan fingerprint density at radius 2 is 1.81 bits per heavy atom. The minimum atomic E-state index is -1.41. The van der Waals surface area contributed by atoms with Gasteiger partial charge in [0.25, 0.3) is 5.91 Å². The average molecular weight is 560 g/mol. The van der Waals surface area contributed by atoms with Crippen LogP contribution in [0.3, 0.4) is 0 Å². The van der Waals surface area contributed by atoms with Gasteiger partial charge in [-0.05, 0) is 60.7 Å². The van der Waals surface area contributed by atoms with Gasteiger partial charge in [0.1, 0.15) is 28.4 Å². The van der Waals surface area contributed by atoms with E-state index in [2.05, 4.69) is 10.3 Å². The number of anilines is 1. The molecule has 2 heterocycles. The molecule has 0 radical (unpaired) electrons. The normalized spacial score (nSPS) is 14.4. The Kier molecular flexibility index (Phi) is 6.97. The smallest absolute Gasteiger partial charge is 0.491 e. The van der Waals surface area contributed by atoms with Crippen molar-refractivity contribution in [1.82, 2.24) is 4.98 Å². The molecule has 1 amide bonds. The number of amides is 1. The van der Waals surface area contributed by atoms with Gasteiger partial charge >= 0.3 is 6.16 Å². The summed E-state index contributed by atoms with van der Waals surface area (Å²) in [7, 11) is 0. The molecule has 1 aliphatic heterocycles. The molecule has 188 valence electrons. The van der Waals surface area contributed by atoms with Crippen molar-refractivity contribution < 1.29 is 28.9 Å². The van der Waals surface area contributed by atoms with E-state index in [1.54, 1.807) is 48.5 Å². The standard InChI is InChI=1S/C26H17Cl3N2O6/c27-15-4-7-19-14(11-15)3-8-21(30-19)31-25(32)13-1-5-16(6-2-13)36-24-18(28)12-17-20(37-26(33)34)9-10-35-23(17)22(24)29/h1-8,11-12,20H,9-10H2,(H,33,34)(H,30,31,32). The Balaban J connectivity index is 1.32. The third kappa shape index (κ3) is 5.36. The lowest BCUT2D eigenvalue weighted by molar-refractivity contribution is 0.0326. The molecule has 2 N–H and O–H groups in total. The highest BCUT2D eigenvalue weighted by Crippen LogP contribution is 2.49. The molecule has 0 spiro atoms. The van der Waals surface area contributed by atoms with Crippen molar-refractivity contribution in [3.05, 3.63) is 86.9 Å². The summed E-state index contributed by atoms with van der Waals surface area (Å²) >= 11 is 18.9. The summed E-state index contributed by atoms with van der Waals surface area (Å²) in [5, 5.41) is 13.5. The van der Waals surface area contributed by atoms with Gasteiger partial charge in [-0.15, -0.1) is 0 Å². The van der Waals surface area contributed by atoms with Crippen LogP contribution in [0, 0.1) is 0 Å². The number of rotatable bonds is 5. The fourth-order valence-corrected chi connectivity index (χ4v) is 4.68. The summed E-state index contributed by atoms with van der Waals surface area (Å²) in [5.41, 5.74) is 1.51. The fraction of sp³-hybridized carbons (Fsp3) is 0.115. The minimum Gasteiger partial charge on any atom is -0.491 e. The molecule has 5 rings (SSSR count). The summed E-state index contributed by atoms with van der Waals surface area (Å²) in [6, 6.07) is 16.7. The zero-order valence-electron chi connectivity index (χ0n) is 18.8. The number of nitrogens with one attached hydrogen (secondary N) is 1. The lowest BCUT2D eigenvalue weighted by atomic mass is 10.0. The summed E-state index contributed by atoms with van der Waals surface area (Å²) < 4.78 is 16.4. The van der Waals surface area contributed by atoms with Gasteiger partial charge in [-0.25, -0.2) is 9.78 Å². The van der Waals surface area contributed by atoms with Crippen LogP contribution in [0.15, 0.2) is 60.7 Å². The van der Waals surface area contributed by atoms with Gasteiger partial charge in [0.2, 0.25) is 0 Å². The number of hydrogen-bond donors (Lipinski definition) is 2. The van der Waals surface area contributed by atoms with E-state index in [9.17, 15) is 9.59 Å². The van der Waals surface area contributed by atoms with Crippen molar-refractivity contribution in [2.45, 2.75) is 12.5 Å². The van der Waals surface area contributed by atoms with Gasteiger partial charge in [0, 0.05) is 28.0 Å². The first kappa shape index (κ1) is 25.0. The predicted molar refractivity (Wildman–Crippen MR) is 140 cm³/mol. The van der Waals surface area contributed by atoms with Gasteiger partial charge in [-0.3, -0.25) is 4.79 Å². The third-order valence-electron chi connectivity index (χ3n) is 5.61. The van der Waals surface area contributed by atoms with E-state index in [4.69, 9.17) is 54.1 Å². The van der Waals surface area contributed by atoms with Crippen molar-refractivity contribution in [3.8, 4) is 17.2 Å². The summed E-state index contributed by atoms with van der Waals surface area (Å²) in [5.74, 6) is 0.804. The number of carboxylic acid groups (broad SMARTS) is 1. The maximum atomic E-state index is 12.7. The maximum absolute atomic E-state index is 12.7. The van der Waals surface area contributed by atoms with Crippen LogP contribution in [-0.2, 0) is 4.74 Å². The maximum Gasteiger partial charge on any atom is 0.506 e. The average Bonchev–Trinajstić information content (AvgIpc) is 2.87. The van der Waals surface area contributed by atoms with Crippen molar-refractivity contribution in [3.63, 3.8) is 0 Å². The monoisotopic (exact) mass is 558 g/mol. The molecule has 0 bridgehead atoms. The van der Waals surface area contributed by atoms with Gasteiger partial charge in [0.05, 0.1) is 17.1 Å². The molecule has 0 saturated carbocycles. The van der Waals surface area contributed by atoms with Crippen molar-refractivity contribution in [2.24, 2.45) is 0 Å². The molecule has 1 unspecified atom stereocenters. The molecular weight excluding hydrogens is 543 g/mol. The van der Waals surface area contributed by atoms with Crippen LogP contribution in [0.25, 0.3) is 10.9 Å². The van der Waals surface area contributed by atoms with Crippen molar-refractivity contribution >= 4 is 63.6 Å². The summed E-state index contributed by atoms with van der Waals surface area (Å²) in [6.07, 6.45) is -1.83. The zero-order valence-corrected chi connectivity index (χ0v) is 21.1. The van der Waals surface area contributed by atoms with Crippen LogP contribution in [-0.4, -0.2) is 28.8 Å². The number of halogens is 3. The first-order valence-electron chi connectivity index (χ1n) is 11.0. The largest absolute Gasteiger partial charge is 0.506 e. The molecule has 1 aliphatic rings. The second-order valence-corrected chi connectivity index (χ2v) is 9.27. The molecule has 11 heteroatoms. The molecule has 1 aromatic heterocycles. The van der Waals surface area contributed by atoms with Crippen molar-refractivity contribution in [1.29, 1.82) is 0 Å². The van der Waals surface area contributed by atoms with E-state index < -0.39 is 12.3 Å². The van der Waals surface area contributed by atoms with E-state index >= 15 is 0 Å². The molecule has 0 saturated heterocycles. The van der Waals surface area contributed by atoms with Crippen LogP contribution < -0.4 is 14.8 Å².